The van der Waals surface area contributed by atoms with E-state index < -0.39 is 36.4 Å². The third-order valence-corrected chi connectivity index (χ3v) is 3.99. The van der Waals surface area contributed by atoms with E-state index in [1.807, 2.05) is 36.4 Å². The number of amides is 1. The lowest BCUT2D eigenvalue weighted by Crippen LogP contribution is -2.51. The summed E-state index contributed by atoms with van der Waals surface area (Å²) in [6, 6.07) is 15.9. The van der Waals surface area contributed by atoms with Gasteiger partial charge in [0.1, 0.15) is 6.04 Å². The smallest absolute Gasteiger partial charge is 0.326 e. The Morgan fingerprint density at radius 2 is 1.37 bits per heavy atom. The molecule has 2 aromatic carbocycles. The molecule has 0 aliphatic rings. The number of hydrogen-bond donors (Lipinski definition) is 4. The number of carboxylic acid groups (broad SMARTS) is 2. The Kier molecular flexibility index (Phi) is 7.51. The first-order valence-corrected chi connectivity index (χ1v) is 8.52. The number of carbonyl (C=O) groups is 3. The number of benzene rings is 2. The van der Waals surface area contributed by atoms with Crippen LogP contribution in [0.3, 0.4) is 0 Å². The van der Waals surface area contributed by atoms with Crippen LogP contribution in [0.15, 0.2) is 60.7 Å². The number of aliphatic carboxylic acids is 2. The van der Waals surface area contributed by atoms with Crippen molar-refractivity contribution in [3.63, 3.8) is 0 Å². The summed E-state index contributed by atoms with van der Waals surface area (Å²) in [6.07, 6.45) is -0.337. The zero-order valence-corrected chi connectivity index (χ0v) is 14.7. The largest absolute Gasteiger partial charge is 0.481 e. The van der Waals surface area contributed by atoms with E-state index in [1.54, 1.807) is 24.3 Å². The Hall–Kier alpha value is -3.19. The van der Waals surface area contributed by atoms with Crippen molar-refractivity contribution in [1.82, 2.24) is 10.6 Å². The van der Waals surface area contributed by atoms with Gasteiger partial charge in [-0.3, -0.25) is 9.59 Å². The van der Waals surface area contributed by atoms with E-state index >= 15 is 0 Å². The zero-order chi connectivity index (χ0) is 19.6. The maximum Gasteiger partial charge on any atom is 0.326 e. The summed E-state index contributed by atoms with van der Waals surface area (Å²) in [4.78, 5) is 35.1. The first-order valence-electron chi connectivity index (χ1n) is 8.52. The second-order valence-corrected chi connectivity index (χ2v) is 6.11. The van der Waals surface area contributed by atoms with Crippen LogP contribution in [0.4, 0.5) is 0 Å². The Morgan fingerprint density at radius 3 is 1.89 bits per heavy atom. The van der Waals surface area contributed by atoms with Gasteiger partial charge in [-0.25, -0.2) is 4.79 Å². The van der Waals surface area contributed by atoms with Crippen molar-refractivity contribution in [2.45, 2.75) is 31.5 Å². The highest BCUT2D eigenvalue weighted by atomic mass is 16.4. The number of hydrogen-bond acceptors (Lipinski definition) is 4. The average molecular weight is 370 g/mol. The molecule has 2 aromatic rings. The molecule has 0 saturated heterocycles. The van der Waals surface area contributed by atoms with Crippen molar-refractivity contribution in [2.24, 2.45) is 0 Å². The van der Waals surface area contributed by atoms with E-state index in [2.05, 4.69) is 10.6 Å². The molecule has 2 atom stereocenters. The van der Waals surface area contributed by atoms with Crippen LogP contribution < -0.4 is 10.6 Å². The molecule has 4 N–H and O–H groups in total. The van der Waals surface area contributed by atoms with Gasteiger partial charge in [0, 0.05) is 13.0 Å². The van der Waals surface area contributed by atoms with E-state index in [9.17, 15) is 19.5 Å². The maximum atomic E-state index is 12.5. The Balaban J connectivity index is 2.03. The van der Waals surface area contributed by atoms with Crippen molar-refractivity contribution in [3.8, 4) is 0 Å². The van der Waals surface area contributed by atoms with Crippen LogP contribution in [0.2, 0.25) is 0 Å². The molecule has 7 heteroatoms. The van der Waals surface area contributed by atoms with Crippen molar-refractivity contribution in [2.75, 3.05) is 0 Å². The maximum absolute atomic E-state index is 12.5. The second-order valence-electron chi connectivity index (χ2n) is 6.11. The third-order valence-electron chi connectivity index (χ3n) is 3.99. The van der Waals surface area contributed by atoms with E-state index in [1.165, 1.54) is 0 Å². The van der Waals surface area contributed by atoms with Crippen molar-refractivity contribution in [3.05, 3.63) is 71.8 Å². The van der Waals surface area contributed by atoms with Crippen LogP contribution >= 0.6 is 0 Å². The highest BCUT2D eigenvalue weighted by Gasteiger charge is 2.27. The standard InChI is InChI=1S/C20H22N2O5/c23-18(24)12-16(21-13-15-9-5-2-6-10-15)19(25)22-17(20(26)27)11-14-7-3-1-4-8-14/h1-10,16-17,21H,11-13H2,(H,22,25)(H,23,24)(H,26,27)/t16-,17-/m0/s1. The molecule has 0 aliphatic carbocycles. The van der Waals surface area contributed by atoms with Gasteiger partial charge in [0.05, 0.1) is 12.5 Å². The van der Waals surface area contributed by atoms with Crippen molar-refractivity contribution in [1.29, 1.82) is 0 Å². The lowest BCUT2D eigenvalue weighted by molar-refractivity contribution is -0.143. The minimum Gasteiger partial charge on any atom is -0.481 e. The molecule has 0 heterocycles. The fourth-order valence-electron chi connectivity index (χ4n) is 2.59. The summed E-state index contributed by atoms with van der Waals surface area (Å²) in [5.41, 5.74) is 1.65. The molecule has 0 unspecified atom stereocenters. The Morgan fingerprint density at radius 1 is 0.815 bits per heavy atom. The first kappa shape index (κ1) is 20.1. The molecule has 0 spiro atoms. The number of carbonyl (C=O) groups excluding carboxylic acids is 1. The molecule has 142 valence electrons. The van der Waals surface area contributed by atoms with Crippen molar-refractivity contribution >= 4 is 17.8 Å². The quantitative estimate of drug-likeness (QED) is 0.503. The molecule has 1 amide bonds. The summed E-state index contributed by atoms with van der Waals surface area (Å²) < 4.78 is 0. The van der Waals surface area contributed by atoms with E-state index in [-0.39, 0.29) is 6.42 Å². The summed E-state index contributed by atoms with van der Waals surface area (Å²) in [7, 11) is 0. The molecule has 0 radical (unpaired) electrons. The fourth-order valence-corrected chi connectivity index (χ4v) is 2.59. The highest BCUT2D eigenvalue weighted by molar-refractivity contribution is 5.89. The van der Waals surface area contributed by atoms with Crippen LogP contribution in [0, 0.1) is 0 Å². The topological polar surface area (TPSA) is 116 Å². The van der Waals surface area contributed by atoms with Crippen LogP contribution in [0.1, 0.15) is 17.5 Å². The van der Waals surface area contributed by atoms with Crippen LogP contribution in [0.25, 0.3) is 0 Å². The Bertz CT molecular complexity index is 764. The lowest BCUT2D eigenvalue weighted by atomic mass is 10.0. The van der Waals surface area contributed by atoms with Gasteiger partial charge >= 0.3 is 11.9 Å². The second kappa shape index (κ2) is 10.1. The van der Waals surface area contributed by atoms with E-state index in [4.69, 9.17) is 5.11 Å². The summed E-state index contributed by atoms with van der Waals surface area (Å²) in [5, 5.41) is 23.8. The van der Waals surface area contributed by atoms with Gasteiger partial charge in [0.15, 0.2) is 0 Å². The van der Waals surface area contributed by atoms with Gasteiger partial charge in [-0.1, -0.05) is 60.7 Å². The van der Waals surface area contributed by atoms with Crippen LogP contribution in [-0.4, -0.2) is 40.1 Å². The molecule has 0 fully saturated rings. The van der Waals surface area contributed by atoms with Gasteiger partial charge in [-0.05, 0) is 11.1 Å². The monoisotopic (exact) mass is 370 g/mol. The first-order chi connectivity index (χ1) is 13.0. The van der Waals surface area contributed by atoms with Gasteiger partial charge < -0.3 is 20.8 Å². The highest BCUT2D eigenvalue weighted by Crippen LogP contribution is 2.05. The van der Waals surface area contributed by atoms with Crippen LogP contribution in [0.5, 0.6) is 0 Å². The van der Waals surface area contributed by atoms with Crippen LogP contribution in [-0.2, 0) is 27.3 Å². The fraction of sp³-hybridized carbons (Fsp3) is 0.250. The minimum atomic E-state index is -1.18. The van der Waals surface area contributed by atoms with Gasteiger partial charge in [-0.2, -0.15) is 0 Å². The summed E-state index contributed by atoms with van der Waals surface area (Å²) in [6.45, 7) is 0.294. The molecular formula is C20H22N2O5. The van der Waals surface area contributed by atoms with Crippen molar-refractivity contribution < 1.29 is 24.6 Å². The SMILES string of the molecule is O=C(O)C[C@H](NCc1ccccc1)C(=O)N[C@@H](Cc1ccccc1)C(=O)O. The molecule has 7 nitrogen and oxygen atoms in total. The molecule has 0 saturated carbocycles. The molecule has 0 bridgehead atoms. The summed E-state index contributed by atoms with van der Waals surface area (Å²) >= 11 is 0. The number of rotatable bonds is 10. The molecule has 0 aromatic heterocycles. The zero-order valence-electron chi connectivity index (χ0n) is 14.7. The normalized spacial score (nSPS) is 12.7. The van der Waals surface area contributed by atoms with E-state index in [0.29, 0.717) is 6.54 Å². The summed E-state index contributed by atoms with van der Waals surface area (Å²) in [5.74, 6) is -2.98. The third kappa shape index (κ3) is 6.91. The predicted molar refractivity (Wildman–Crippen MR) is 99.0 cm³/mol. The predicted octanol–water partition coefficient (Wildman–Crippen LogP) is 1.43. The van der Waals surface area contributed by atoms with Gasteiger partial charge in [0.2, 0.25) is 5.91 Å². The lowest BCUT2D eigenvalue weighted by Gasteiger charge is -2.20. The molecule has 0 aliphatic heterocycles. The van der Waals surface area contributed by atoms with Gasteiger partial charge in [0.25, 0.3) is 0 Å². The minimum absolute atomic E-state index is 0.111. The molecule has 27 heavy (non-hydrogen) atoms. The number of nitrogens with one attached hydrogen (secondary N) is 2. The number of carboxylic acids is 2. The molecule has 2 rings (SSSR count). The average Bonchev–Trinajstić information content (AvgIpc) is 2.65. The Labute approximate surface area is 157 Å². The molecular weight excluding hydrogens is 348 g/mol. The van der Waals surface area contributed by atoms with E-state index in [0.717, 1.165) is 11.1 Å². The van der Waals surface area contributed by atoms with Gasteiger partial charge in [-0.15, -0.1) is 0 Å².